The van der Waals surface area contributed by atoms with E-state index in [2.05, 4.69) is 4.74 Å². The van der Waals surface area contributed by atoms with Gasteiger partial charge in [-0.15, -0.1) is 0 Å². The van der Waals surface area contributed by atoms with Gasteiger partial charge in [0.05, 0.1) is 0 Å². The third-order valence-corrected chi connectivity index (χ3v) is 2.97. The molecule has 0 heterocycles. The van der Waals surface area contributed by atoms with Crippen LogP contribution in [0.5, 0.6) is 5.75 Å². The summed E-state index contributed by atoms with van der Waals surface area (Å²) in [4.78, 5) is 10.6. The number of hydrogen-bond acceptors (Lipinski definition) is 3. The van der Waals surface area contributed by atoms with E-state index in [9.17, 15) is 18.0 Å². The minimum absolute atomic E-state index is 0.0703. The monoisotopic (exact) mass is 329 g/mol. The van der Waals surface area contributed by atoms with Gasteiger partial charge in [0.1, 0.15) is 11.6 Å². The molecule has 0 radical (unpaired) electrons. The summed E-state index contributed by atoms with van der Waals surface area (Å²) in [5.74, 6) is -3.97. The van der Waals surface area contributed by atoms with E-state index >= 15 is 0 Å². The maximum absolute atomic E-state index is 14.2. The Bertz CT molecular complexity index is 669. The van der Waals surface area contributed by atoms with Crippen molar-refractivity contribution in [2.24, 2.45) is 0 Å². The number of rotatable bonds is 4. The molecule has 0 amide bonds. The van der Waals surface area contributed by atoms with Gasteiger partial charge in [0.15, 0.2) is 0 Å². The summed E-state index contributed by atoms with van der Waals surface area (Å²) in [6, 6.07) is 8.16. The molecule has 2 aromatic carbocycles. The molecule has 116 valence electrons. The molecule has 0 spiro atoms. The number of nitrogen functional groups attached to an aromatic ring is 1. The summed E-state index contributed by atoms with van der Waals surface area (Å²) < 4.78 is 46.2. The van der Waals surface area contributed by atoms with E-state index in [4.69, 9.17) is 17.3 Å². The molecule has 2 rings (SSSR count). The fourth-order valence-corrected chi connectivity index (χ4v) is 2.04. The van der Waals surface area contributed by atoms with Gasteiger partial charge in [0.25, 0.3) is 5.92 Å². The Kier molecular flexibility index (Phi) is 4.61. The number of hydrogen-bond donors (Lipinski definition) is 1. The fourth-order valence-electron chi connectivity index (χ4n) is 1.95. The highest BCUT2D eigenvalue weighted by molar-refractivity contribution is 6.61. The zero-order chi connectivity index (χ0) is 16.3. The molecule has 0 unspecified atom stereocenters. The minimum atomic E-state index is -3.29. The zero-order valence-corrected chi connectivity index (χ0v) is 11.9. The Labute approximate surface area is 129 Å². The molecule has 0 aliphatic carbocycles. The smallest absolute Gasteiger partial charge is 0.409 e. The maximum atomic E-state index is 14.2. The lowest BCUT2D eigenvalue weighted by Gasteiger charge is -2.17. The van der Waals surface area contributed by atoms with Crippen LogP contribution in [0.4, 0.5) is 23.7 Å². The molecule has 0 aromatic heterocycles. The molecule has 0 aliphatic heterocycles. The first-order valence-corrected chi connectivity index (χ1v) is 6.55. The lowest BCUT2D eigenvalue weighted by molar-refractivity contribution is -0.00407. The Balaban J connectivity index is 2.19. The number of nitrogens with two attached hydrogens (primary N) is 1. The van der Waals surface area contributed by atoms with Gasteiger partial charge >= 0.3 is 5.43 Å². The fraction of sp³-hybridized carbons (Fsp3) is 0.133. The van der Waals surface area contributed by atoms with Gasteiger partial charge < -0.3 is 10.5 Å². The number of halogens is 4. The molecule has 0 saturated carbocycles. The summed E-state index contributed by atoms with van der Waals surface area (Å²) in [7, 11) is 0. The van der Waals surface area contributed by atoms with Crippen molar-refractivity contribution in [3.63, 3.8) is 0 Å². The van der Waals surface area contributed by atoms with Gasteiger partial charge in [0, 0.05) is 29.3 Å². The molecule has 0 saturated heterocycles. The second-order valence-corrected chi connectivity index (χ2v) is 4.95. The molecule has 0 atom stereocenters. The number of carbonyl (C=O) groups excluding carboxylic acids is 1. The maximum Gasteiger partial charge on any atom is 0.409 e. The Hall–Kier alpha value is -2.21. The number of anilines is 1. The van der Waals surface area contributed by atoms with Crippen LogP contribution in [0.2, 0.25) is 0 Å². The van der Waals surface area contributed by atoms with Crippen molar-refractivity contribution in [3.05, 3.63) is 59.4 Å². The van der Waals surface area contributed by atoms with E-state index in [0.717, 1.165) is 18.2 Å². The van der Waals surface area contributed by atoms with E-state index in [0.29, 0.717) is 0 Å². The van der Waals surface area contributed by atoms with Crippen molar-refractivity contribution in [3.8, 4) is 5.75 Å². The molecular weight excluding hydrogens is 319 g/mol. The van der Waals surface area contributed by atoms with Crippen molar-refractivity contribution in [1.82, 2.24) is 0 Å². The van der Waals surface area contributed by atoms with Crippen LogP contribution in [-0.2, 0) is 12.3 Å². The molecule has 0 bridgehead atoms. The minimum Gasteiger partial charge on any atom is -0.415 e. The molecular formula is C15H11ClF3NO2. The van der Waals surface area contributed by atoms with Crippen LogP contribution in [0.1, 0.15) is 11.1 Å². The number of carbonyl (C=O) groups is 1. The molecule has 2 aromatic rings. The van der Waals surface area contributed by atoms with Crippen molar-refractivity contribution in [2.45, 2.75) is 12.3 Å². The SMILES string of the molecule is Nc1cc(F)cc(C(F)(F)Cc2ccc(OC(=O)Cl)cc2)c1. The second-order valence-electron chi connectivity index (χ2n) is 4.64. The summed E-state index contributed by atoms with van der Waals surface area (Å²) in [6.45, 7) is 0. The van der Waals surface area contributed by atoms with Crippen LogP contribution in [0.25, 0.3) is 0 Å². The lowest BCUT2D eigenvalue weighted by Crippen LogP contribution is -2.17. The molecule has 22 heavy (non-hydrogen) atoms. The van der Waals surface area contributed by atoms with Gasteiger partial charge in [-0.3, -0.25) is 0 Å². The van der Waals surface area contributed by atoms with Crippen LogP contribution in [0.15, 0.2) is 42.5 Å². The van der Waals surface area contributed by atoms with Crippen LogP contribution < -0.4 is 10.5 Å². The van der Waals surface area contributed by atoms with Crippen molar-refractivity contribution in [2.75, 3.05) is 5.73 Å². The first kappa shape index (κ1) is 16.2. The van der Waals surface area contributed by atoms with E-state index in [1.807, 2.05) is 0 Å². The van der Waals surface area contributed by atoms with Gasteiger partial charge in [-0.05, 0) is 35.9 Å². The van der Waals surface area contributed by atoms with Crippen molar-refractivity contribution < 1.29 is 22.7 Å². The van der Waals surface area contributed by atoms with Crippen LogP contribution >= 0.6 is 11.6 Å². The third kappa shape index (κ3) is 4.14. The quantitative estimate of drug-likeness (QED) is 0.664. The first-order valence-electron chi connectivity index (χ1n) is 6.17. The first-order chi connectivity index (χ1) is 10.3. The van der Waals surface area contributed by atoms with Crippen LogP contribution in [0.3, 0.4) is 0 Å². The molecule has 3 nitrogen and oxygen atoms in total. The molecule has 0 fully saturated rings. The summed E-state index contributed by atoms with van der Waals surface area (Å²) >= 11 is 5.04. The Morgan fingerprint density at radius 2 is 1.82 bits per heavy atom. The van der Waals surface area contributed by atoms with E-state index < -0.39 is 29.2 Å². The number of ether oxygens (including phenoxy) is 1. The largest absolute Gasteiger partial charge is 0.415 e. The summed E-state index contributed by atoms with van der Waals surface area (Å²) in [5, 5.41) is 0. The average Bonchev–Trinajstić information content (AvgIpc) is 2.39. The highest BCUT2D eigenvalue weighted by Gasteiger charge is 2.32. The third-order valence-electron chi connectivity index (χ3n) is 2.89. The standard InChI is InChI=1S/C15H11ClF3NO2/c16-14(21)22-13-3-1-9(2-4-13)8-15(18,19)10-5-11(17)7-12(20)6-10/h1-7H,8,20H2. The summed E-state index contributed by atoms with van der Waals surface area (Å²) in [6.07, 6.45) is -0.648. The average molecular weight is 330 g/mol. The normalized spacial score (nSPS) is 11.3. The zero-order valence-electron chi connectivity index (χ0n) is 11.2. The van der Waals surface area contributed by atoms with Crippen LogP contribution in [0, 0.1) is 5.82 Å². The van der Waals surface area contributed by atoms with Gasteiger partial charge in [-0.1, -0.05) is 12.1 Å². The number of benzene rings is 2. The van der Waals surface area contributed by atoms with E-state index in [-0.39, 0.29) is 17.0 Å². The predicted octanol–water partition coefficient (Wildman–Crippen LogP) is 4.48. The summed E-state index contributed by atoms with van der Waals surface area (Å²) in [5.41, 5.74) is 4.07. The highest BCUT2D eigenvalue weighted by atomic mass is 35.5. The number of alkyl halides is 2. The highest BCUT2D eigenvalue weighted by Crippen LogP contribution is 2.33. The topological polar surface area (TPSA) is 52.3 Å². The van der Waals surface area contributed by atoms with E-state index in [1.165, 1.54) is 24.3 Å². The molecule has 7 heteroatoms. The second kappa shape index (κ2) is 6.27. The Morgan fingerprint density at radius 3 is 2.36 bits per heavy atom. The predicted molar refractivity (Wildman–Crippen MR) is 76.7 cm³/mol. The van der Waals surface area contributed by atoms with Crippen molar-refractivity contribution in [1.29, 1.82) is 0 Å². The van der Waals surface area contributed by atoms with E-state index in [1.54, 1.807) is 0 Å². The van der Waals surface area contributed by atoms with Gasteiger partial charge in [-0.2, -0.15) is 0 Å². The van der Waals surface area contributed by atoms with Crippen molar-refractivity contribution >= 4 is 22.7 Å². The lowest BCUT2D eigenvalue weighted by atomic mass is 9.99. The van der Waals surface area contributed by atoms with Gasteiger partial charge in [0.2, 0.25) is 0 Å². The van der Waals surface area contributed by atoms with Gasteiger partial charge in [-0.25, -0.2) is 18.0 Å². The Morgan fingerprint density at radius 1 is 1.18 bits per heavy atom. The molecule has 2 N–H and O–H groups in total. The molecule has 0 aliphatic rings. The van der Waals surface area contributed by atoms with Crippen LogP contribution in [-0.4, -0.2) is 5.43 Å².